The van der Waals surface area contributed by atoms with Crippen LogP contribution in [0.4, 0.5) is 0 Å². The Hall–Kier alpha value is -1.05. The van der Waals surface area contributed by atoms with E-state index in [9.17, 15) is 4.79 Å². The predicted molar refractivity (Wildman–Crippen MR) is 115 cm³/mol. The molecule has 2 aliphatic rings. The molecule has 0 amide bonds. The molecule has 0 saturated carbocycles. The van der Waals surface area contributed by atoms with Crippen molar-refractivity contribution in [1.29, 1.82) is 0 Å². The van der Waals surface area contributed by atoms with Crippen LogP contribution >= 0.6 is 0 Å². The van der Waals surface area contributed by atoms with E-state index in [4.69, 9.17) is 18.3 Å². The van der Waals surface area contributed by atoms with Crippen LogP contribution < -0.4 is 0 Å². The van der Waals surface area contributed by atoms with Crippen molar-refractivity contribution in [2.45, 2.75) is 89.4 Å². The first-order valence-corrected chi connectivity index (χ1v) is 12.5. The second-order valence-electron chi connectivity index (χ2n) is 10.3. The van der Waals surface area contributed by atoms with Gasteiger partial charge in [0, 0.05) is 16.5 Å². The summed E-state index contributed by atoms with van der Waals surface area (Å²) in [6.07, 6.45) is 0.260. The highest BCUT2D eigenvalue weighted by molar-refractivity contribution is 6.73. The summed E-state index contributed by atoms with van der Waals surface area (Å²) in [6.45, 7) is 14.4. The van der Waals surface area contributed by atoms with E-state index in [1.54, 1.807) is 0 Å². The topological polar surface area (TPSA) is 54.0 Å². The fourth-order valence-electron chi connectivity index (χ4n) is 4.64. The molecule has 0 bridgehead atoms. The number of Topliss-reactive ketones (excluding diaryl/α,β-unsaturated/α-hetero) is 1. The summed E-state index contributed by atoms with van der Waals surface area (Å²) in [5.74, 6) is 0.0924. The zero-order chi connectivity index (χ0) is 21.3. The third kappa shape index (κ3) is 4.83. The van der Waals surface area contributed by atoms with Gasteiger partial charge in [-0.2, -0.15) is 0 Å². The number of ketones is 1. The zero-order valence-corrected chi connectivity index (χ0v) is 19.7. The van der Waals surface area contributed by atoms with Crippen molar-refractivity contribution < 1.29 is 23.1 Å². The normalized spacial score (nSPS) is 27.9. The predicted octanol–water partition coefficient (Wildman–Crippen LogP) is 4.78. The molecular weight excluding hydrogens is 384 g/mol. The van der Waals surface area contributed by atoms with Gasteiger partial charge in [-0.25, -0.2) is 0 Å². The molecule has 29 heavy (non-hydrogen) atoms. The van der Waals surface area contributed by atoms with Crippen LogP contribution in [0.1, 0.15) is 59.9 Å². The van der Waals surface area contributed by atoms with Crippen LogP contribution in [0.25, 0.3) is 0 Å². The Balaban J connectivity index is 1.66. The van der Waals surface area contributed by atoms with Gasteiger partial charge in [-0.05, 0) is 12.0 Å². The summed E-state index contributed by atoms with van der Waals surface area (Å²) < 4.78 is 25.2. The van der Waals surface area contributed by atoms with Gasteiger partial charge in [-0.15, -0.1) is 0 Å². The lowest BCUT2D eigenvalue weighted by Gasteiger charge is -2.54. The van der Waals surface area contributed by atoms with Crippen LogP contribution in [0.15, 0.2) is 30.3 Å². The molecule has 2 aliphatic heterocycles. The maximum atomic E-state index is 12.7. The molecule has 3 rings (SSSR count). The number of hydrogen-bond acceptors (Lipinski definition) is 5. The zero-order valence-electron chi connectivity index (χ0n) is 18.7. The van der Waals surface area contributed by atoms with E-state index >= 15 is 0 Å². The molecule has 0 aliphatic carbocycles. The maximum absolute atomic E-state index is 12.7. The monoisotopic (exact) mass is 420 g/mol. The minimum absolute atomic E-state index is 0.0786. The van der Waals surface area contributed by atoms with Gasteiger partial charge >= 0.3 is 8.56 Å². The minimum Gasteiger partial charge on any atom is -0.391 e. The van der Waals surface area contributed by atoms with Crippen LogP contribution in [0, 0.1) is 0 Å². The van der Waals surface area contributed by atoms with Crippen LogP contribution in [-0.4, -0.2) is 45.9 Å². The molecule has 0 spiro atoms. The Labute approximate surface area is 176 Å². The van der Waals surface area contributed by atoms with Gasteiger partial charge < -0.3 is 18.3 Å². The van der Waals surface area contributed by atoms with Crippen molar-refractivity contribution in [2.24, 2.45) is 0 Å². The van der Waals surface area contributed by atoms with E-state index < -0.39 is 14.7 Å². The van der Waals surface area contributed by atoms with Crippen molar-refractivity contribution in [3.05, 3.63) is 35.9 Å². The number of fused-ring (bicyclic) bond motifs is 1. The molecule has 2 fully saturated rings. The molecule has 0 unspecified atom stereocenters. The average molecular weight is 421 g/mol. The van der Waals surface area contributed by atoms with Gasteiger partial charge in [-0.3, -0.25) is 4.79 Å². The SMILES string of the molecule is CC(C)(C)[Si]1(C(C)(C)C)OC[C@H]2O[C@@H](COCc3ccccc3)C(=O)CC[C@@H]2O1. The summed E-state index contributed by atoms with van der Waals surface area (Å²) in [4.78, 5) is 12.7. The lowest BCUT2D eigenvalue weighted by Crippen LogP contribution is -2.65. The van der Waals surface area contributed by atoms with Crippen molar-refractivity contribution in [1.82, 2.24) is 0 Å². The summed E-state index contributed by atoms with van der Waals surface area (Å²) in [5, 5.41) is -0.157. The quantitative estimate of drug-likeness (QED) is 0.656. The van der Waals surface area contributed by atoms with E-state index in [1.807, 2.05) is 30.3 Å². The fraction of sp³-hybridized carbons (Fsp3) is 0.696. The van der Waals surface area contributed by atoms with Gasteiger partial charge in [0.1, 0.15) is 12.2 Å². The van der Waals surface area contributed by atoms with Gasteiger partial charge in [0.2, 0.25) is 0 Å². The molecule has 0 N–H and O–H groups in total. The molecule has 6 heteroatoms. The number of ether oxygens (including phenoxy) is 2. The molecule has 0 aromatic heterocycles. The third-order valence-electron chi connectivity index (χ3n) is 5.91. The number of hydrogen-bond donors (Lipinski definition) is 0. The number of carbonyl (C=O) groups excluding carboxylic acids is 1. The molecule has 1 aromatic carbocycles. The number of carbonyl (C=O) groups is 1. The Morgan fingerprint density at radius 2 is 1.69 bits per heavy atom. The summed E-state index contributed by atoms with van der Waals surface area (Å²) >= 11 is 0. The average Bonchev–Trinajstić information content (AvgIpc) is 2.79. The molecule has 5 nitrogen and oxygen atoms in total. The van der Waals surface area contributed by atoms with Gasteiger partial charge in [-0.1, -0.05) is 71.9 Å². The molecule has 3 atom stereocenters. The first-order chi connectivity index (χ1) is 13.5. The summed E-state index contributed by atoms with van der Waals surface area (Å²) in [6, 6.07) is 9.96. The Morgan fingerprint density at radius 3 is 2.31 bits per heavy atom. The standard InChI is InChI=1S/C23H36O5Si/c1-22(2,3)29(23(4,5)6)26-16-21-19(28-29)13-12-18(24)20(27-21)15-25-14-17-10-8-7-9-11-17/h7-11,19-21H,12-16H2,1-6H3/t19-,20-,21+/m0/s1. The second kappa shape index (κ2) is 8.59. The van der Waals surface area contributed by atoms with Crippen molar-refractivity contribution in [3.8, 4) is 0 Å². The van der Waals surface area contributed by atoms with E-state index in [1.165, 1.54) is 0 Å². The van der Waals surface area contributed by atoms with Crippen molar-refractivity contribution in [3.63, 3.8) is 0 Å². The maximum Gasteiger partial charge on any atom is 0.349 e. The second-order valence-corrected chi connectivity index (χ2v) is 15.0. The number of benzene rings is 1. The molecule has 1 aromatic rings. The van der Waals surface area contributed by atoms with E-state index in [0.717, 1.165) is 5.56 Å². The highest BCUT2D eigenvalue weighted by atomic mass is 28.4. The minimum atomic E-state index is -2.55. The molecule has 2 heterocycles. The third-order valence-corrected chi connectivity index (χ3v) is 11.1. The number of rotatable bonds is 4. The van der Waals surface area contributed by atoms with E-state index in [2.05, 4.69) is 41.5 Å². The fourth-order valence-corrected chi connectivity index (χ4v) is 9.62. The van der Waals surface area contributed by atoms with E-state index in [-0.39, 0.29) is 34.7 Å². The summed E-state index contributed by atoms with van der Waals surface area (Å²) in [5.41, 5.74) is 1.09. The smallest absolute Gasteiger partial charge is 0.349 e. The van der Waals surface area contributed by atoms with Gasteiger partial charge in [0.15, 0.2) is 5.78 Å². The largest absolute Gasteiger partial charge is 0.391 e. The molecule has 2 saturated heterocycles. The van der Waals surface area contributed by atoms with Crippen LogP contribution in [0.2, 0.25) is 10.1 Å². The first-order valence-electron chi connectivity index (χ1n) is 10.7. The Bertz CT molecular complexity index is 677. The van der Waals surface area contributed by atoms with Crippen molar-refractivity contribution in [2.75, 3.05) is 13.2 Å². The lowest BCUT2D eigenvalue weighted by atomic mass is 10.1. The molecule has 162 valence electrons. The van der Waals surface area contributed by atoms with Crippen LogP contribution in [0.3, 0.4) is 0 Å². The molecule has 0 radical (unpaired) electrons. The lowest BCUT2D eigenvalue weighted by molar-refractivity contribution is -0.152. The van der Waals surface area contributed by atoms with Crippen LogP contribution in [0.5, 0.6) is 0 Å². The Kier molecular flexibility index (Phi) is 6.71. The highest BCUT2D eigenvalue weighted by Crippen LogP contribution is 2.54. The Morgan fingerprint density at radius 1 is 1.03 bits per heavy atom. The van der Waals surface area contributed by atoms with E-state index in [0.29, 0.717) is 26.1 Å². The highest BCUT2D eigenvalue weighted by Gasteiger charge is 2.62. The first kappa shape index (κ1) is 22.6. The molecular formula is C23H36O5Si. The van der Waals surface area contributed by atoms with Gasteiger partial charge in [0.05, 0.1) is 25.9 Å². The summed E-state index contributed by atoms with van der Waals surface area (Å²) in [7, 11) is -2.55. The van der Waals surface area contributed by atoms with Crippen LogP contribution in [-0.2, 0) is 29.7 Å². The van der Waals surface area contributed by atoms with Crippen molar-refractivity contribution >= 4 is 14.3 Å². The van der Waals surface area contributed by atoms with Gasteiger partial charge in [0.25, 0.3) is 0 Å².